The van der Waals surface area contributed by atoms with Crippen LogP contribution in [0.4, 0.5) is 0 Å². The quantitative estimate of drug-likeness (QED) is 0.676. The van der Waals surface area contributed by atoms with Gasteiger partial charge in [-0.15, -0.1) is 0 Å². The molecule has 2 aliphatic heterocycles. The molecule has 0 spiro atoms. The largest absolute Gasteiger partial charge is 0.462 e. The third kappa shape index (κ3) is 2.87. The Bertz CT molecular complexity index is 512. The molecule has 2 unspecified atom stereocenters. The van der Waals surface area contributed by atoms with Crippen LogP contribution in [0.2, 0.25) is 0 Å². The van der Waals surface area contributed by atoms with Crippen LogP contribution in [0, 0.1) is 0 Å². The summed E-state index contributed by atoms with van der Waals surface area (Å²) in [5.41, 5.74) is 0.805. The predicted molar refractivity (Wildman–Crippen MR) is 79.9 cm³/mol. The number of aliphatic hydroxyl groups is 1. The smallest absolute Gasteiger partial charge is 0.316 e. The highest BCUT2D eigenvalue weighted by Gasteiger charge is 2.37. The van der Waals surface area contributed by atoms with Crippen LogP contribution in [0.3, 0.4) is 0 Å². The van der Waals surface area contributed by atoms with Crippen LogP contribution in [0.1, 0.15) is 24.3 Å². The lowest BCUT2D eigenvalue weighted by atomic mass is 9.98. The molecule has 112 valence electrons. The second-order valence-electron chi connectivity index (χ2n) is 5.86. The summed E-state index contributed by atoms with van der Waals surface area (Å²) < 4.78 is 5.66. The number of nitrogens with zero attached hydrogens (tertiary/aromatic N) is 1. The van der Waals surface area contributed by atoms with Gasteiger partial charge in [-0.05, 0) is 12.6 Å². The monoisotopic (exact) mass is 287 g/mol. The second kappa shape index (κ2) is 6.00. The van der Waals surface area contributed by atoms with Crippen molar-refractivity contribution < 1.29 is 14.6 Å². The van der Waals surface area contributed by atoms with Crippen molar-refractivity contribution in [3.63, 3.8) is 0 Å². The van der Waals surface area contributed by atoms with Crippen molar-refractivity contribution in [1.82, 2.24) is 4.90 Å². The average Bonchev–Trinajstić information content (AvgIpc) is 2.72. The summed E-state index contributed by atoms with van der Waals surface area (Å²) >= 11 is 0. The molecule has 1 aromatic rings. The molecule has 3 rings (SSSR count). The molecule has 2 aliphatic rings. The second-order valence-corrected chi connectivity index (χ2v) is 5.86. The average molecular weight is 287 g/mol. The van der Waals surface area contributed by atoms with E-state index < -0.39 is 5.92 Å². The Kier molecular flexibility index (Phi) is 4.08. The Morgan fingerprint density at radius 3 is 2.48 bits per heavy atom. The summed E-state index contributed by atoms with van der Waals surface area (Å²) in [5.74, 6) is -0.908. The van der Waals surface area contributed by atoms with Gasteiger partial charge in [-0.25, -0.2) is 0 Å². The van der Waals surface area contributed by atoms with Gasteiger partial charge in [-0.1, -0.05) is 42.5 Å². The van der Waals surface area contributed by atoms with Crippen LogP contribution in [0.25, 0.3) is 0 Å². The molecular formula is C17H21NO3. The maximum absolute atomic E-state index is 12.3. The molecule has 2 heterocycles. The van der Waals surface area contributed by atoms with E-state index in [-0.39, 0.29) is 18.7 Å². The van der Waals surface area contributed by atoms with Gasteiger partial charge in [0.1, 0.15) is 12.0 Å². The lowest BCUT2D eigenvalue weighted by Gasteiger charge is -2.36. The molecule has 2 bridgehead atoms. The van der Waals surface area contributed by atoms with Gasteiger partial charge in [0.25, 0.3) is 0 Å². The first-order chi connectivity index (χ1) is 10.2. The first-order valence-electron chi connectivity index (χ1n) is 7.45. The third-order valence-electron chi connectivity index (χ3n) is 4.56. The normalized spacial score (nSPS) is 29.3. The predicted octanol–water partition coefficient (Wildman–Crippen LogP) is 1.71. The molecular weight excluding hydrogens is 266 g/mol. The first-order valence-corrected chi connectivity index (χ1v) is 7.45. The molecule has 0 aromatic heterocycles. The van der Waals surface area contributed by atoms with E-state index in [1.807, 2.05) is 30.3 Å². The lowest BCUT2D eigenvalue weighted by Crippen LogP contribution is -2.44. The van der Waals surface area contributed by atoms with Gasteiger partial charge in [-0.2, -0.15) is 0 Å². The van der Waals surface area contributed by atoms with Crippen molar-refractivity contribution in [1.29, 1.82) is 0 Å². The van der Waals surface area contributed by atoms with E-state index >= 15 is 0 Å². The van der Waals surface area contributed by atoms with Gasteiger partial charge in [0.2, 0.25) is 0 Å². The van der Waals surface area contributed by atoms with E-state index in [1.165, 1.54) is 0 Å². The fraction of sp³-hybridized carbons (Fsp3) is 0.471. The van der Waals surface area contributed by atoms with Crippen LogP contribution in [-0.4, -0.2) is 47.8 Å². The molecule has 0 radical (unpaired) electrons. The highest BCUT2D eigenvalue weighted by molar-refractivity contribution is 5.78. The van der Waals surface area contributed by atoms with Crippen LogP contribution in [-0.2, 0) is 9.53 Å². The van der Waals surface area contributed by atoms with Crippen LogP contribution < -0.4 is 0 Å². The highest BCUT2D eigenvalue weighted by Crippen LogP contribution is 2.31. The summed E-state index contributed by atoms with van der Waals surface area (Å²) in [6.07, 6.45) is 6.00. The maximum Gasteiger partial charge on any atom is 0.316 e. The van der Waals surface area contributed by atoms with E-state index in [0.717, 1.165) is 18.4 Å². The van der Waals surface area contributed by atoms with Crippen LogP contribution in [0.15, 0.2) is 42.5 Å². The Morgan fingerprint density at radius 2 is 1.90 bits per heavy atom. The summed E-state index contributed by atoms with van der Waals surface area (Å²) in [4.78, 5) is 14.7. The number of rotatable bonds is 4. The van der Waals surface area contributed by atoms with E-state index in [1.54, 1.807) is 0 Å². The van der Waals surface area contributed by atoms with E-state index in [9.17, 15) is 9.90 Å². The fourth-order valence-corrected chi connectivity index (χ4v) is 3.24. The molecule has 1 aromatic carbocycles. The van der Waals surface area contributed by atoms with Crippen molar-refractivity contribution in [2.75, 3.05) is 13.7 Å². The SMILES string of the molecule is CN1[C@@H]2C=C[C@H]1CC(OC(=O)C(CO)c1ccccc1)C2. The van der Waals surface area contributed by atoms with Crippen LogP contribution >= 0.6 is 0 Å². The number of carbonyl (C=O) groups is 1. The van der Waals surface area contributed by atoms with Crippen molar-refractivity contribution >= 4 is 5.97 Å². The minimum atomic E-state index is -0.587. The standard InChI is InChI=1S/C17H21NO3/c1-18-13-7-8-14(18)10-15(9-13)21-17(20)16(11-19)12-5-3-2-4-6-12/h2-8,13-16,19H,9-11H2,1H3/t13-,14+,15?,16?. The zero-order valence-corrected chi connectivity index (χ0v) is 12.2. The molecule has 1 saturated heterocycles. The number of esters is 1. The minimum absolute atomic E-state index is 0.0588. The number of aliphatic hydroxyl groups excluding tert-OH is 1. The Labute approximate surface area is 125 Å². The number of likely N-dealkylation sites (N-methyl/N-ethyl adjacent to an activating group) is 1. The number of hydrogen-bond donors (Lipinski definition) is 1. The van der Waals surface area contributed by atoms with Gasteiger partial charge in [-0.3, -0.25) is 9.69 Å². The van der Waals surface area contributed by atoms with E-state index in [0.29, 0.717) is 12.1 Å². The van der Waals surface area contributed by atoms with E-state index in [2.05, 4.69) is 24.1 Å². The Morgan fingerprint density at radius 1 is 1.29 bits per heavy atom. The number of piperidine rings is 1. The molecule has 4 heteroatoms. The molecule has 1 N–H and O–H groups in total. The van der Waals surface area contributed by atoms with Gasteiger partial charge >= 0.3 is 5.97 Å². The highest BCUT2D eigenvalue weighted by atomic mass is 16.5. The summed E-state index contributed by atoms with van der Waals surface area (Å²) in [5, 5.41) is 9.52. The number of benzene rings is 1. The molecule has 21 heavy (non-hydrogen) atoms. The molecule has 4 atom stereocenters. The number of hydrogen-bond acceptors (Lipinski definition) is 4. The van der Waals surface area contributed by atoms with Crippen molar-refractivity contribution in [2.24, 2.45) is 0 Å². The third-order valence-corrected chi connectivity index (χ3v) is 4.56. The molecule has 0 saturated carbocycles. The number of ether oxygens (including phenoxy) is 1. The molecule has 4 nitrogen and oxygen atoms in total. The zero-order chi connectivity index (χ0) is 14.8. The van der Waals surface area contributed by atoms with Crippen molar-refractivity contribution in [3.8, 4) is 0 Å². The Balaban J connectivity index is 1.64. The zero-order valence-electron chi connectivity index (χ0n) is 12.2. The molecule has 0 aliphatic carbocycles. The van der Waals surface area contributed by atoms with Gasteiger partial charge < -0.3 is 9.84 Å². The minimum Gasteiger partial charge on any atom is -0.462 e. The molecule has 0 amide bonds. The molecule has 1 fully saturated rings. The van der Waals surface area contributed by atoms with Gasteiger partial charge in [0.15, 0.2) is 0 Å². The first kappa shape index (κ1) is 14.3. The fourth-order valence-electron chi connectivity index (χ4n) is 3.24. The lowest BCUT2D eigenvalue weighted by molar-refractivity contribution is -0.155. The summed E-state index contributed by atoms with van der Waals surface area (Å²) in [6.45, 7) is -0.222. The van der Waals surface area contributed by atoms with Crippen molar-refractivity contribution in [2.45, 2.75) is 36.9 Å². The van der Waals surface area contributed by atoms with Gasteiger partial charge in [0.05, 0.1) is 6.61 Å². The maximum atomic E-state index is 12.3. The van der Waals surface area contributed by atoms with Gasteiger partial charge in [0, 0.05) is 24.9 Å². The summed E-state index contributed by atoms with van der Waals surface area (Å²) in [6, 6.07) is 10.1. The van der Waals surface area contributed by atoms with Crippen LogP contribution in [0.5, 0.6) is 0 Å². The summed E-state index contributed by atoms with van der Waals surface area (Å²) in [7, 11) is 2.11. The van der Waals surface area contributed by atoms with Crippen molar-refractivity contribution in [3.05, 3.63) is 48.0 Å². The Hall–Kier alpha value is -1.65. The topological polar surface area (TPSA) is 49.8 Å². The van der Waals surface area contributed by atoms with E-state index in [4.69, 9.17) is 4.74 Å². The number of carbonyl (C=O) groups excluding carboxylic acids is 1. The number of fused-ring (bicyclic) bond motifs is 2.